The van der Waals surface area contributed by atoms with Crippen LogP contribution in [0.2, 0.25) is 0 Å². The first-order valence-electron chi connectivity index (χ1n) is 7.60. The minimum absolute atomic E-state index is 0. The van der Waals surface area contributed by atoms with E-state index in [1.807, 2.05) is 6.08 Å². The van der Waals surface area contributed by atoms with Crippen LogP contribution < -0.4 is 5.73 Å². The van der Waals surface area contributed by atoms with Crippen LogP contribution in [0, 0.1) is 17.8 Å². The third-order valence-corrected chi connectivity index (χ3v) is 4.50. The fourth-order valence-corrected chi connectivity index (χ4v) is 3.06. The van der Waals surface area contributed by atoms with Gasteiger partial charge in [-0.15, -0.1) is 19.0 Å². The lowest BCUT2D eigenvalue weighted by atomic mass is 9.81. The maximum atomic E-state index is 10.2. The van der Waals surface area contributed by atoms with E-state index in [2.05, 4.69) is 20.4 Å². The Morgan fingerprint density at radius 1 is 1.26 bits per heavy atom. The molecule has 0 heterocycles. The third kappa shape index (κ3) is 6.78. The molecule has 3 atom stereocenters. The van der Waals surface area contributed by atoms with Crippen molar-refractivity contribution < 1.29 is 5.11 Å². The van der Waals surface area contributed by atoms with E-state index in [1.165, 1.54) is 32.1 Å². The lowest BCUT2D eigenvalue weighted by Crippen LogP contribution is -2.38. The van der Waals surface area contributed by atoms with Crippen LogP contribution in [-0.4, -0.2) is 17.3 Å². The van der Waals surface area contributed by atoms with Crippen LogP contribution in [0.25, 0.3) is 0 Å². The van der Waals surface area contributed by atoms with Gasteiger partial charge in [0.25, 0.3) is 0 Å². The van der Waals surface area contributed by atoms with Crippen molar-refractivity contribution in [1.82, 2.24) is 0 Å². The maximum Gasteiger partial charge on any atom is 0.0696 e. The van der Waals surface area contributed by atoms with Gasteiger partial charge in [0.1, 0.15) is 0 Å². The van der Waals surface area contributed by atoms with E-state index < -0.39 is 0 Å². The highest BCUT2D eigenvalue weighted by molar-refractivity contribution is 5.85. The zero-order chi connectivity index (χ0) is 13.5. The van der Waals surface area contributed by atoms with Gasteiger partial charge in [-0.3, -0.25) is 0 Å². The molecule has 3 N–H and O–H groups in total. The average Bonchev–Trinajstić information content (AvgIpc) is 2.36. The van der Waals surface area contributed by atoms with Gasteiger partial charge in [-0.25, -0.2) is 0 Å². The number of rotatable bonds is 7. The second-order valence-electron chi connectivity index (χ2n) is 6.35. The van der Waals surface area contributed by atoms with Crippen LogP contribution >= 0.6 is 12.4 Å². The average molecular weight is 290 g/mol. The van der Waals surface area contributed by atoms with E-state index in [1.54, 1.807) is 0 Å². The van der Waals surface area contributed by atoms with E-state index in [4.69, 9.17) is 5.73 Å². The summed E-state index contributed by atoms with van der Waals surface area (Å²) in [5.41, 5.74) is 6.17. The summed E-state index contributed by atoms with van der Waals surface area (Å²) < 4.78 is 0. The van der Waals surface area contributed by atoms with Crippen molar-refractivity contribution in [3.63, 3.8) is 0 Å². The highest BCUT2D eigenvalue weighted by Crippen LogP contribution is 2.28. The molecule has 0 amide bonds. The number of allylic oxidation sites excluding steroid dienone is 1. The van der Waals surface area contributed by atoms with Crippen molar-refractivity contribution >= 4 is 12.4 Å². The monoisotopic (exact) mass is 289 g/mol. The summed E-state index contributed by atoms with van der Waals surface area (Å²) in [6.07, 6.45) is 9.99. The lowest BCUT2D eigenvalue weighted by molar-refractivity contribution is 0.100. The zero-order valence-corrected chi connectivity index (χ0v) is 13.4. The predicted molar refractivity (Wildman–Crippen MR) is 85.6 cm³/mol. The number of aliphatic hydroxyl groups excluding tert-OH is 1. The summed E-state index contributed by atoms with van der Waals surface area (Å²) >= 11 is 0. The number of aliphatic hydroxyl groups is 1. The van der Waals surface area contributed by atoms with E-state index in [0.717, 1.165) is 18.8 Å². The van der Waals surface area contributed by atoms with Gasteiger partial charge in [-0.2, -0.15) is 0 Å². The molecule has 1 fully saturated rings. The van der Waals surface area contributed by atoms with E-state index in [0.29, 0.717) is 11.8 Å². The molecule has 19 heavy (non-hydrogen) atoms. The summed E-state index contributed by atoms with van der Waals surface area (Å²) in [6, 6.07) is -0.0608. The second-order valence-corrected chi connectivity index (χ2v) is 6.35. The molecule has 0 bridgehead atoms. The van der Waals surface area contributed by atoms with Crippen LogP contribution in [0.3, 0.4) is 0 Å². The predicted octanol–water partition coefficient (Wildman–Crippen LogP) is 3.92. The van der Waals surface area contributed by atoms with Crippen LogP contribution in [0.5, 0.6) is 0 Å². The molecule has 1 aliphatic carbocycles. The highest BCUT2D eigenvalue weighted by Gasteiger charge is 2.24. The molecule has 0 aliphatic heterocycles. The molecule has 1 rings (SSSR count). The van der Waals surface area contributed by atoms with Crippen molar-refractivity contribution in [3.05, 3.63) is 12.7 Å². The van der Waals surface area contributed by atoms with Crippen molar-refractivity contribution in [3.8, 4) is 0 Å². The molecule has 0 aromatic carbocycles. The summed E-state index contributed by atoms with van der Waals surface area (Å²) in [4.78, 5) is 0. The molecule has 0 unspecified atom stereocenters. The van der Waals surface area contributed by atoms with E-state index >= 15 is 0 Å². The summed E-state index contributed by atoms with van der Waals surface area (Å²) in [6.45, 7) is 8.20. The first-order chi connectivity index (χ1) is 8.54. The Kier molecular flexibility index (Phi) is 9.77. The number of hydrogen-bond donors (Lipinski definition) is 2. The van der Waals surface area contributed by atoms with Gasteiger partial charge in [0, 0.05) is 6.04 Å². The normalized spacial score (nSPS) is 21.5. The van der Waals surface area contributed by atoms with Crippen LogP contribution in [0.4, 0.5) is 0 Å². The quantitative estimate of drug-likeness (QED) is 0.698. The minimum Gasteiger partial charge on any atom is -0.391 e. The van der Waals surface area contributed by atoms with Crippen LogP contribution in [0.15, 0.2) is 12.7 Å². The van der Waals surface area contributed by atoms with Gasteiger partial charge in [-0.1, -0.05) is 52.0 Å². The Balaban J connectivity index is 0.00000324. The first kappa shape index (κ1) is 18.9. The Morgan fingerprint density at radius 3 is 2.32 bits per heavy atom. The summed E-state index contributed by atoms with van der Waals surface area (Å²) in [7, 11) is 0. The molecule has 2 nitrogen and oxygen atoms in total. The van der Waals surface area contributed by atoms with Crippen molar-refractivity contribution in [2.45, 2.75) is 70.9 Å². The van der Waals surface area contributed by atoms with Gasteiger partial charge in [0.05, 0.1) is 6.10 Å². The molecule has 1 aliphatic rings. The van der Waals surface area contributed by atoms with Crippen LogP contribution in [-0.2, 0) is 0 Å². The molecule has 3 heteroatoms. The molecular formula is C16H32ClNO. The van der Waals surface area contributed by atoms with Gasteiger partial charge >= 0.3 is 0 Å². The molecule has 0 radical (unpaired) electrons. The Morgan fingerprint density at radius 2 is 1.84 bits per heavy atom. The maximum absolute atomic E-state index is 10.2. The van der Waals surface area contributed by atoms with Crippen LogP contribution in [0.1, 0.15) is 58.8 Å². The van der Waals surface area contributed by atoms with Crippen molar-refractivity contribution in [1.29, 1.82) is 0 Å². The largest absolute Gasteiger partial charge is 0.391 e. The summed E-state index contributed by atoms with van der Waals surface area (Å²) in [5, 5.41) is 10.2. The fraction of sp³-hybridized carbons (Fsp3) is 0.875. The van der Waals surface area contributed by atoms with E-state index in [9.17, 15) is 5.11 Å². The molecule has 0 aromatic rings. The van der Waals surface area contributed by atoms with Crippen molar-refractivity contribution in [2.75, 3.05) is 0 Å². The Bertz CT molecular complexity index is 239. The highest BCUT2D eigenvalue weighted by atomic mass is 35.5. The fourth-order valence-electron chi connectivity index (χ4n) is 3.06. The third-order valence-electron chi connectivity index (χ3n) is 4.50. The number of halogens is 1. The van der Waals surface area contributed by atoms with Gasteiger partial charge < -0.3 is 10.8 Å². The smallest absolute Gasteiger partial charge is 0.0696 e. The lowest BCUT2D eigenvalue weighted by Gasteiger charge is -2.29. The molecule has 114 valence electrons. The number of nitrogens with two attached hydrogens (primary N) is 1. The van der Waals surface area contributed by atoms with Gasteiger partial charge in [0.2, 0.25) is 0 Å². The molecular weight excluding hydrogens is 258 g/mol. The Labute approximate surface area is 125 Å². The summed E-state index contributed by atoms with van der Waals surface area (Å²) in [5.74, 6) is 1.64. The molecule has 1 saturated carbocycles. The van der Waals surface area contributed by atoms with Gasteiger partial charge in [-0.05, 0) is 30.6 Å². The standard InChI is InChI=1S/C16H31NO.ClH/c1-4-14(12(2)3)11-16(18)15(17)10-13-8-6-5-7-9-13;/h4,12-16,18H,1,5-11,17H2,2-3H3;1H/t14-,15-,16-;/m0./s1. The molecule has 0 saturated heterocycles. The minimum atomic E-state index is -0.377. The number of hydrogen-bond acceptors (Lipinski definition) is 2. The van der Waals surface area contributed by atoms with Gasteiger partial charge in [0.15, 0.2) is 0 Å². The van der Waals surface area contributed by atoms with E-state index in [-0.39, 0.29) is 24.6 Å². The van der Waals surface area contributed by atoms with Crippen molar-refractivity contribution in [2.24, 2.45) is 23.5 Å². The zero-order valence-electron chi connectivity index (χ0n) is 12.6. The molecule has 0 aromatic heterocycles. The Hall–Kier alpha value is -0.0500. The SMILES string of the molecule is C=C[C@@H](C[C@H](O)[C@@H](N)CC1CCCCC1)C(C)C.Cl. The molecule has 0 spiro atoms. The topological polar surface area (TPSA) is 46.2 Å². The first-order valence-corrected chi connectivity index (χ1v) is 7.60. The second kappa shape index (κ2) is 9.79.